The second-order valence-electron chi connectivity index (χ2n) is 14.2. The Bertz CT molecular complexity index is 1020. The minimum Gasteiger partial charge on any atom is -0.477 e. The molecule has 0 aromatic rings. The van der Waals surface area contributed by atoms with Gasteiger partial charge in [0.05, 0.1) is 34.4 Å². The molecule has 0 fully saturated rings. The van der Waals surface area contributed by atoms with Gasteiger partial charge in [-0.05, 0) is 57.8 Å². The lowest BCUT2D eigenvalue weighted by atomic mass is 10.1. The molecule has 0 radical (unpaired) electrons. The molecule has 8 heteroatoms. The van der Waals surface area contributed by atoms with Gasteiger partial charge in [0.2, 0.25) is 0 Å². The van der Waals surface area contributed by atoms with Gasteiger partial charge < -0.3 is 23.8 Å². The minimum absolute atomic E-state index is 0.0488. The summed E-state index contributed by atoms with van der Waals surface area (Å²) in [5.74, 6) is -1.52. The monoisotopic (exact) mass is 717 g/mol. The van der Waals surface area contributed by atoms with Crippen LogP contribution in [0.3, 0.4) is 0 Å². The maximum Gasteiger partial charge on any atom is 0.362 e. The number of unbranched alkanes of at least 4 members (excludes halogenated alkanes) is 10. The Morgan fingerprint density at radius 1 is 0.608 bits per heavy atom. The highest BCUT2D eigenvalue weighted by Crippen LogP contribution is 2.12. The predicted octanol–water partition coefficient (Wildman–Crippen LogP) is 10.2. The number of allylic oxidation sites excluding steroid dienone is 10. The maximum atomic E-state index is 12.6. The van der Waals surface area contributed by atoms with Crippen LogP contribution in [0.1, 0.15) is 142 Å². The zero-order chi connectivity index (χ0) is 37.8. The summed E-state index contributed by atoms with van der Waals surface area (Å²) in [6, 6.07) is -0.619. The third-order valence-electron chi connectivity index (χ3n) is 8.43. The smallest absolute Gasteiger partial charge is 0.362 e. The summed E-state index contributed by atoms with van der Waals surface area (Å²) in [4.78, 5) is 36.7. The first-order valence-electron chi connectivity index (χ1n) is 19.8. The van der Waals surface area contributed by atoms with Crippen molar-refractivity contribution in [3.63, 3.8) is 0 Å². The van der Waals surface area contributed by atoms with E-state index in [1.54, 1.807) is 0 Å². The maximum absolute atomic E-state index is 12.6. The van der Waals surface area contributed by atoms with Gasteiger partial charge in [-0.3, -0.25) is 9.59 Å². The second kappa shape index (κ2) is 34.1. The van der Waals surface area contributed by atoms with E-state index < -0.39 is 18.1 Å². The standard InChI is InChI=1S/C43H73NO7/c1-6-8-10-12-14-16-17-18-19-20-21-22-23-24-25-26-28-29-31-33-41(45)50-38-39(37-49-36-35-40(43(47)48)44(3,4)5)51-42(46)34-32-30-27-15-13-11-9-7-2/h8,10,14,16,18-19,21-22,24-25,39-40H,6-7,9,11-13,15,17,20,23,26-38H2,1-5H3/p+1/b10-8+,16-14+,19-18+,22-21+,25-24+. The van der Waals surface area contributed by atoms with Crippen molar-refractivity contribution in [1.29, 1.82) is 0 Å². The van der Waals surface area contributed by atoms with Crippen LogP contribution in [0, 0.1) is 0 Å². The van der Waals surface area contributed by atoms with E-state index in [-0.39, 0.29) is 36.2 Å². The zero-order valence-electron chi connectivity index (χ0n) is 33.0. The fraction of sp³-hybridized carbons (Fsp3) is 0.698. The van der Waals surface area contributed by atoms with E-state index in [9.17, 15) is 19.5 Å². The Labute approximate surface area is 311 Å². The summed E-state index contributed by atoms with van der Waals surface area (Å²) in [5, 5.41) is 9.57. The molecule has 1 N–H and O–H groups in total. The number of esters is 2. The Kier molecular flexibility index (Phi) is 32.1. The van der Waals surface area contributed by atoms with Crippen molar-refractivity contribution in [3.05, 3.63) is 60.8 Å². The first-order valence-corrected chi connectivity index (χ1v) is 19.8. The zero-order valence-corrected chi connectivity index (χ0v) is 33.0. The Hall–Kier alpha value is -2.97. The number of hydrogen-bond acceptors (Lipinski definition) is 6. The Balaban J connectivity index is 4.39. The number of carbonyl (C=O) groups is 3. The molecule has 0 saturated carbocycles. The highest BCUT2D eigenvalue weighted by atomic mass is 16.6. The van der Waals surface area contributed by atoms with Crippen molar-refractivity contribution in [2.75, 3.05) is 41.0 Å². The van der Waals surface area contributed by atoms with Crippen molar-refractivity contribution in [2.45, 2.75) is 154 Å². The molecule has 0 amide bonds. The van der Waals surface area contributed by atoms with Gasteiger partial charge in [0.15, 0.2) is 12.1 Å². The molecule has 0 aliphatic rings. The van der Waals surface area contributed by atoms with Crippen LogP contribution in [-0.2, 0) is 28.6 Å². The normalized spacial score (nSPS) is 13.7. The molecule has 0 aliphatic heterocycles. The lowest BCUT2D eigenvalue weighted by Crippen LogP contribution is -2.50. The molecular formula is C43H74NO7+. The fourth-order valence-corrected chi connectivity index (χ4v) is 5.35. The SMILES string of the molecule is CC/C=C/C/C=C/C/C=C/C/C=C/C/C=C/CCCCCC(=O)OCC(COCCC(C(=O)O)[N+](C)(C)C)OC(=O)CCCCCCCCCC. The van der Waals surface area contributed by atoms with E-state index in [0.717, 1.165) is 77.0 Å². The second-order valence-corrected chi connectivity index (χ2v) is 14.2. The Morgan fingerprint density at radius 3 is 1.63 bits per heavy atom. The number of quaternary nitrogens is 1. The molecule has 0 saturated heterocycles. The third-order valence-corrected chi connectivity index (χ3v) is 8.43. The molecule has 0 spiro atoms. The first kappa shape index (κ1) is 48.0. The third kappa shape index (κ3) is 32.7. The number of carbonyl (C=O) groups excluding carboxylic acids is 2. The van der Waals surface area contributed by atoms with Crippen LogP contribution in [0.5, 0.6) is 0 Å². The van der Waals surface area contributed by atoms with Gasteiger partial charge in [-0.1, -0.05) is 126 Å². The van der Waals surface area contributed by atoms with Gasteiger partial charge in [-0.25, -0.2) is 4.79 Å². The summed E-state index contributed by atoms with van der Waals surface area (Å²) in [6.45, 7) is 4.53. The van der Waals surface area contributed by atoms with Gasteiger partial charge >= 0.3 is 17.9 Å². The van der Waals surface area contributed by atoms with Crippen LogP contribution in [0.2, 0.25) is 0 Å². The molecular weight excluding hydrogens is 642 g/mol. The van der Waals surface area contributed by atoms with Crippen LogP contribution in [0.25, 0.3) is 0 Å². The topological polar surface area (TPSA) is 99.1 Å². The average molecular weight is 717 g/mol. The van der Waals surface area contributed by atoms with Gasteiger partial charge in [0.25, 0.3) is 0 Å². The van der Waals surface area contributed by atoms with Crippen LogP contribution in [0.4, 0.5) is 0 Å². The summed E-state index contributed by atoms with van der Waals surface area (Å²) in [6.07, 6.45) is 39.9. The number of likely N-dealkylation sites (N-methyl/N-ethyl adjacent to an activating group) is 1. The fourth-order valence-electron chi connectivity index (χ4n) is 5.35. The molecule has 2 unspecified atom stereocenters. The molecule has 0 bridgehead atoms. The number of aliphatic carboxylic acids is 1. The van der Waals surface area contributed by atoms with Crippen LogP contribution in [0.15, 0.2) is 60.8 Å². The van der Waals surface area contributed by atoms with Crippen LogP contribution in [-0.4, -0.2) is 80.6 Å². The summed E-state index contributed by atoms with van der Waals surface area (Å²) in [5.41, 5.74) is 0. The van der Waals surface area contributed by atoms with E-state index in [0.29, 0.717) is 19.3 Å². The largest absolute Gasteiger partial charge is 0.477 e. The molecule has 0 aliphatic carbocycles. The molecule has 0 aromatic heterocycles. The van der Waals surface area contributed by atoms with Crippen molar-refractivity contribution in [2.24, 2.45) is 0 Å². The highest BCUT2D eigenvalue weighted by Gasteiger charge is 2.31. The molecule has 0 heterocycles. The Morgan fingerprint density at radius 2 is 1.10 bits per heavy atom. The molecule has 8 nitrogen and oxygen atoms in total. The average Bonchev–Trinajstić information content (AvgIpc) is 3.08. The van der Waals surface area contributed by atoms with E-state index in [2.05, 4.69) is 74.6 Å². The summed E-state index contributed by atoms with van der Waals surface area (Å²) < 4.78 is 17.1. The van der Waals surface area contributed by atoms with Gasteiger partial charge in [0, 0.05) is 19.3 Å². The van der Waals surface area contributed by atoms with Crippen molar-refractivity contribution >= 4 is 17.9 Å². The van der Waals surface area contributed by atoms with Gasteiger partial charge in [-0.15, -0.1) is 0 Å². The number of ether oxygens (including phenoxy) is 3. The summed E-state index contributed by atoms with van der Waals surface area (Å²) in [7, 11) is 5.50. The highest BCUT2D eigenvalue weighted by molar-refractivity contribution is 5.72. The van der Waals surface area contributed by atoms with E-state index in [1.807, 2.05) is 21.1 Å². The van der Waals surface area contributed by atoms with E-state index >= 15 is 0 Å². The number of carboxylic acids is 1. The van der Waals surface area contributed by atoms with Gasteiger partial charge in [0.1, 0.15) is 6.61 Å². The molecule has 2 atom stereocenters. The quantitative estimate of drug-likeness (QED) is 0.0306. The number of hydrogen-bond donors (Lipinski definition) is 1. The number of rotatable bonds is 34. The molecule has 292 valence electrons. The molecule has 0 rings (SSSR count). The molecule has 0 aromatic carbocycles. The minimum atomic E-state index is -0.883. The van der Waals surface area contributed by atoms with Gasteiger partial charge in [-0.2, -0.15) is 0 Å². The van der Waals surface area contributed by atoms with Crippen LogP contribution >= 0.6 is 0 Å². The van der Waals surface area contributed by atoms with Crippen molar-refractivity contribution in [3.8, 4) is 0 Å². The van der Waals surface area contributed by atoms with Crippen molar-refractivity contribution in [1.82, 2.24) is 0 Å². The lowest BCUT2D eigenvalue weighted by Gasteiger charge is -2.31. The number of nitrogens with zero attached hydrogens (tertiary/aromatic N) is 1. The van der Waals surface area contributed by atoms with Crippen LogP contribution < -0.4 is 0 Å². The lowest BCUT2D eigenvalue weighted by molar-refractivity contribution is -0.887. The van der Waals surface area contributed by atoms with E-state index in [4.69, 9.17) is 14.2 Å². The number of carboxylic acid groups (broad SMARTS) is 1. The van der Waals surface area contributed by atoms with E-state index in [1.165, 1.54) is 32.1 Å². The summed E-state index contributed by atoms with van der Waals surface area (Å²) >= 11 is 0. The first-order chi connectivity index (χ1) is 24.6. The van der Waals surface area contributed by atoms with Crippen molar-refractivity contribution < 1.29 is 38.2 Å². The predicted molar refractivity (Wildman–Crippen MR) is 211 cm³/mol. The molecule has 51 heavy (non-hydrogen) atoms.